The number of aryl methyl sites for hydroxylation is 2. The number of hydrogen-bond acceptors (Lipinski definition) is 2. The van der Waals surface area contributed by atoms with Crippen molar-refractivity contribution in [3.63, 3.8) is 0 Å². The lowest BCUT2D eigenvalue weighted by atomic mass is 9.85. The van der Waals surface area contributed by atoms with E-state index in [0.717, 1.165) is 47.0 Å². The zero-order valence-electron chi connectivity index (χ0n) is 36.2. The van der Waals surface area contributed by atoms with E-state index in [1.165, 1.54) is 76.5 Å². The first-order valence-electron chi connectivity index (χ1n) is 22.5. The predicted octanol–water partition coefficient (Wildman–Crippen LogP) is 17.7. The highest BCUT2D eigenvalue weighted by Gasteiger charge is 2.22. The first-order valence-corrected chi connectivity index (χ1v) is 22.5. The number of anilines is 6. The minimum Gasteiger partial charge on any atom is -0.310 e. The lowest BCUT2D eigenvalue weighted by Crippen LogP contribution is -2.10. The molecule has 11 aromatic carbocycles. The fraction of sp³-hybridized carbons (Fsp3) is 0.0645. The van der Waals surface area contributed by atoms with E-state index in [2.05, 4.69) is 254 Å². The number of benzene rings is 11. The number of hydrogen-bond donors (Lipinski definition) is 0. The molecule has 0 aliphatic carbocycles. The van der Waals surface area contributed by atoms with Crippen molar-refractivity contribution in [3.05, 3.63) is 242 Å². The molecule has 0 aliphatic rings. The molecule has 0 saturated carbocycles. The molecule has 0 atom stereocenters. The van der Waals surface area contributed by atoms with E-state index in [-0.39, 0.29) is 0 Å². The molecule has 0 aliphatic heterocycles. The van der Waals surface area contributed by atoms with E-state index in [1.54, 1.807) is 0 Å². The summed E-state index contributed by atoms with van der Waals surface area (Å²) in [4.78, 5) is 4.83. The fourth-order valence-electron chi connectivity index (χ4n) is 9.60. The molecule has 11 rings (SSSR count). The Balaban J connectivity index is 1.19. The van der Waals surface area contributed by atoms with Crippen molar-refractivity contribution in [2.24, 2.45) is 0 Å². The van der Waals surface area contributed by atoms with Crippen molar-refractivity contribution in [1.29, 1.82) is 0 Å². The highest BCUT2D eigenvalue weighted by atomic mass is 15.1. The zero-order valence-corrected chi connectivity index (χ0v) is 36.2. The van der Waals surface area contributed by atoms with Gasteiger partial charge in [-0.3, -0.25) is 0 Å². The topological polar surface area (TPSA) is 6.48 Å². The smallest absolute Gasteiger partial charge is 0.0468 e. The standard InChI is InChI=1S/C62H48N2/c1-3-43-23-29-51(30-24-43)63(53-33-27-45-15-11-13-21-49(45)39-53)55-35-37-57-59(41-55)61(47-17-7-5-8-18-47)58-38-36-56(42-60(58)62(57)48-19-9-6-10-20-48)64(52-31-25-44(4-2)26-32-52)54-34-28-46-16-12-14-22-50(46)40-54/h5-42H,3-4H2,1-2H3. The Labute approximate surface area is 375 Å². The van der Waals surface area contributed by atoms with Crippen LogP contribution >= 0.6 is 0 Å². The second kappa shape index (κ2) is 16.7. The molecule has 306 valence electrons. The second-order valence-corrected chi connectivity index (χ2v) is 16.7. The molecule has 0 aromatic heterocycles. The van der Waals surface area contributed by atoms with Crippen LogP contribution in [0.3, 0.4) is 0 Å². The van der Waals surface area contributed by atoms with Crippen LogP contribution in [0.2, 0.25) is 0 Å². The van der Waals surface area contributed by atoms with Crippen molar-refractivity contribution >= 4 is 77.2 Å². The van der Waals surface area contributed by atoms with Crippen LogP contribution in [-0.2, 0) is 12.8 Å². The molecule has 0 radical (unpaired) electrons. The maximum Gasteiger partial charge on any atom is 0.0468 e. The van der Waals surface area contributed by atoms with E-state index in [0.29, 0.717) is 0 Å². The summed E-state index contributed by atoms with van der Waals surface area (Å²) in [6.45, 7) is 4.43. The van der Waals surface area contributed by atoms with Crippen molar-refractivity contribution in [3.8, 4) is 22.3 Å². The van der Waals surface area contributed by atoms with Crippen LogP contribution in [0.25, 0.3) is 65.3 Å². The molecular weight excluding hydrogens is 773 g/mol. The van der Waals surface area contributed by atoms with Crippen LogP contribution < -0.4 is 9.80 Å². The SMILES string of the molecule is CCc1ccc(N(c2ccc3ccccc3c2)c2ccc3c(-c4ccccc4)c4cc(N(c5ccc(CC)cc5)c5ccc6ccccc6c5)ccc4c(-c4ccccc4)c3c2)cc1. The molecule has 0 amide bonds. The van der Waals surface area contributed by atoms with E-state index >= 15 is 0 Å². The lowest BCUT2D eigenvalue weighted by Gasteiger charge is -2.28. The Kier molecular flexibility index (Phi) is 10.2. The van der Waals surface area contributed by atoms with Crippen molar-refractivity contribution < 1.29 is 0 Å². The monoisotopic (exact) mass is 820 g/mol. The average Bonchev–Trinajstić information content (AvgIpc) is 3.36. The molecule has 0 heterocycles. The van der Waals surface area contributed by atoms with Gasteiger partial charge >= 0.3 is 0 Å². The summed E-state index contributed by atoms with van der Waals surface area (Å²) in [5, 5.41) is 9.73. The summed E-state index contributed by atoms with van der Waals surface area (Å²) < 4.78 is 0. The first kappa shape index (κ1) is 38.9. The van der Waals surface area contributed by atoms with Gasteiger partial charge in [0.25, 0.3) is 0 Å². The highest BCUT2D eigenvalue weighted by Crippen LogP contribution is 2.48. The van der Waals surface area contributed by atoms with Gasteiger partial charge in [0.2, 0.25) is 0 Å². The van der Waals surface area contributed by atoms with E-state index in [1.807, 2.05) is 0 Å². The minimum atomic E-state index is 0.995. The van der Waals surface area contributed by atoms with Gasteiger partial charge in [-0.05, 0) is 162 Å². The van der Waals surface area contributed by atoms with E-state index in [4.69, 9.17) is 0 Å². The van der Waals surface area contributed by atoms with Gasteiger partial charge in [0.1, 0.15) is 0 Å². The van der Waals surface area contributed by atoms with Crippen LogP contribution in [0, 0.1) is 0 Å². The third-order valence-electron chi connectivity index (χ3n) is 12.9. The summed E-state index contributed by atoms with van der Waals surface area (Å²) >= 11 is 0. The zero-order chi connectivity index (χ0) is 43.0. The molecule has 0 saturated heterocycles. The molecule has 0 bridgehead atoms. The average molecular weight is 821 g/mol. The van der Waals surface area contributed by atoms with Crippen LogP contribution in [-0.4, -0.2) is 0 Å². The summed E-state index contributed by atoms with van der Waals surface area (Å²) in [6, 6.07) is 85.2. The molecule has 0 spiro atoms. The Hall–Kier alpha value is -7.94. The van der Waals surface area contributed by atoms with Crippen LogP contribution in [0.15, 0.2) is 231 Å². The number of fused-ring (bicyclic) bond motifs is 4. The number of rotatable bonds is 10. The van der Waals surface area contributed by atoms with E-state index in [9.17, 15) is 0 Å². The summed E-state index contributed by atoms with van der Waals surface area (Å²) in [5.74, 6) is 0. The minimum absolute atomic E-state index is 0.995. The van der Waals surface area contributed by atoms with Crippen molar-refractivity contribution in [1.82, 2.24) is 0 Å². The summed E-state index contributed by atoms with van der Waals surface area (Å²) in [5.41, 5.74) is 14.2. The molecule has 0 unspecified atom stereocenters. The molecule has 0 fully saturated rings. The third kappa shape index (κ3) is 7.13. The summed E-state index contributed by atoms with van der Waals surface area (Å²) in [6.07, 6.45) is 1.99. The molecule has 2 heteroatoms. The number of nitrogens with zero attached hydrogens (tertiary/aromatic N) is 2. The Morgan fingerprint density at radius 3 is 0.984 bits per heavy atom. The third-order valence-corrected chi connectivity index (χ3v) is 12.9. The lowest BCUT2D eigenvalue weighted by molar-refractivity contribution is 1.14. The normalized spacial score (nSPS) is 11.4. The highest BCUT2D eigenvalue weighted by molar-refractivity contribution is 6.22. The molecular formula is C62H48N2. The predicted molar refractivity (Wildman–Crippen MR) is 275 cm³/mol. The quantitative estimate of drug-likeness (QED) is 0.127. The molecule has 2 nitrogen and oxygen atoms in total. The van der Waals surface area contributed by atoms with Gasteiger partial charge in [-0.2, -0.15) is 0 Å². The Morgan fingerprint density at radius 2 is 0.594 bits per heavy atom. The van der Waals surface area contributed by atoms with Crippen LogP contribution in [0.4, 0.5) is 34.1 Å². The fourth-order valence-corrected chi connectivity index (χ4v) is 9.60. The van der Waals surface area contributed by atoms with Gasteiger partial charge in [-0.15, -0.1) is 0 Å². The first-order chi connectivity index (χ1) is 31.6. The van der Waals surface area contributed by atoms with Gasteiger partial charge in [-0.1, -0.05) is 172 Å². The van der Waals surface area contributed by atoms with Crippen LogP contribution in [0.1, 0.15) is 25.0 Å². The molecule has 0 N–H and O–H groups in total. The molecule has 64 heavy (non-hydrogen) atoms. The van der Waals surface area contributed by atoms with Gasteiger partial charge < -0.3 is 9.80 Å². The second-order valence-electron chi connectivity index (χ2n) is 16.7. The largest absolute Gasteiger partial charge is 0.310 e. The maximum absolute atomic E-state index is 2.43. The van der Waals surface area contributed by atoms with Crippen molar-refractivity contribution in [2.45, 2.75) is 26.7 Å². The maximum atomic E-state index is 2.43. The van der Waals surface area contributed by atoms with Gasteiger partial charge in [0.15, 0.2) is 0 Å². The van der Waals surface area contributed by atoms with Gasteiger partial charge in [0.05, 0.1) is 0 Å². The van der Waals surface area contributed by atoms with E-state index < -0.39 is 0 Å². The summed E-state index contributed by atoms with van der Waals surface area (Å²) in [7, 11) is 0. The Bertz CT molecular complexity index is 3210. The van der Waals surface area contributed by atoms with Gasteiger partial charge in [0, 0.05) is 34.1 Å². The van der Waals surface area contributed by atoms with Crippen molar-refractivity contribution in [2.75, 3.05) is 9.80 Å². The van der Waals surface area contributed by atoms with Gasteiger partial charge in [-0.25, -0.2) is 0 Å². The van der Waals surface area contributed by atoms with Crippen LogP contribution in [0.5, 0.6) is 0 Å². The Morgan fingerprint density at radius 1 is 0.266 bits per heavy atom. The molecule has 11 aromatic rings.